The van der Waals surface area contributed by atoms with Crippen molar-refractivity contribution in [3.63, 3.8) is 0 Å². The molecule has 0 aliphatic carbocycles. The Morgan fingerprint density at radius 2 is 2.43 bits per heavy atom. The minimum Gasteiger partial charge on any atom is -0.391 e. The first kappa shape index (κ1) is 6.56. The topological polar surface area (TPSA) is 49.7 Å². The van der Waals surface area contributed by atoms with E-state index in [1.165, 1.54) is 0 Å². The molecule has 0 aliphatic heterocycles. The van der Waals surface area contributed by atoms with Gasteiger partial charge in [-0.05, 0) is 6.42 Å². The van der Waals surface area contributed by atoms with Crippen LogP contribution in [0.25, 0.3) is 0 Å². The molecule has 0 fully saturated rings. The molecule has 0 aromatic heterocycles. The van der Waals surface area contributed by atoms with Crippen molar-refractivity contribution in [3.05, 3.63) is 4.91 Å². The number of hydrogen-bond acceptors (Lipinski definition) is 3. The fourth-order valence-corrected chi connectivity index (χ4v) is 0.215. The molecule has 0 bridgehead atoms. The first-order valence-electron chi connectivity index (χ1n) is 2.28. The van der Waals surface area contributed by atoms with E-state index in [9.17, 15) is 4.91 Å². The molecule has 0 saturated heterocycles. The third-order valence-electron chi connectivity index (χ3n) is 0.757. The van der Waals surface area contributed by atoms with Gasteiger partial charge in [0.25, 0.3) is 0 Å². The number of aliphatic hydroxyl groups excluding tert-OH is 1. The van der Waals surface area contributed by atoms with E-state index in [4.69, 9.17) is 5.11 Å². The maximum atomic E-state index is 9.36. The van der Waals surface area contributed by atoms with Crippen LogP contribution in [0, 0.1) is 4.91 Å². The number of nitroso groups, excluding NO2 is 1. The zero-order chi connectivity index (χ0) is 5.70. The zero-order valence-corrected chi connectivity index (χ0v) is 4.29. The highest BCUT2D eigenvalue weighted by Crippen LogP contribution is 1.87. The monoisotopic (exact) mass is 103 g/mol. The summed E-state index contributed by atoms with van der Waals surface area (Å²) in [5, 5.41) is 11.1. The van der Waals surface area contributed by atoms with Gasteiger partial charge in [0.15, 0.2) is 0 Å². The lowest BCUT2D eigenvalue weighted by atomic mass is 10.3. The van der Waals surface area contributed by atoms with Crippen LogP contribution in [-0.4, -0.2) is 17.8 Å². The summed E-state index contributed by atoms with van der Waals surface area (Å²) >= 11 is 0. The van der Waals surface area contributed by atoms with Crippen molar-refractivity contribution in [1.82, 2.24) is 0 Å². The van der Waals surface area contributed by atoms with Crippen LogP contribution in [0.2, 0.25) is 0 Å². The van der Waals surface area contributed by atoms with Gasteiger partial charge in [-0.1, -0.05) is 12.1 Å². The minimum atomic E-state index is -0.530. The predicted octanol–water partition coefficient (Wildman–Crippen LogP) is 0.524. The number of nitrogens with zero attached hydrogens (tertiary/aromatic N) is 1. The highest BCUT2D eigenvalue weighted by molar-refractivity contribution is 4.52. The summed E-state index contributed by atoms with van der Waals surface area (Å²) in [5.74, 6) is 0. The second-order valence-electron chi connectivity index (χ2n) is 1.37. The zero-order valence-electron chi connectivity index (χ0n) is 4.29. The lowest BCUT2D eigenvalue weighted by molar-refractivity contribution is 0.179. The van der Waals surface area contributed by atoms with E-state index in [0.717, 1.165) is 0 Å². The van der Waals surface area contributed by atoms with E-state index in [1.54, 1.807) is 6.92 Å². The molecule has 0 aliphatic rings. The van der Waals surface area contributed by atoms with E-state index >= 15 is 0 Å². The molecule has 0 radical (unpaired) electrons. The molecule has 1 N–H and O–H groups in total. The van der Waals surface area contributed by atoms with E-state index < -0.39 is 6.10 Å². The highest BCUT2D eigenvalue weighted by atomic mass is 16.3. The summed E-state index contributed by atoms with van der Waals surface area (Å²) in [6.45, 7) is 1.83. The van der Waals surface area contributed by atoms with Crippen molar-refractivity contribution >= 4 is 0 Å². The molecule has 0 saturated carbocycles. The smallest absolute Gasteiger partial charge is 0.107 e. The van der Waals surface area contributed by atoms with Crippen molar-refractivity contribution < 1.29 is 5.11 Å². The second kappa shape index (κ2) is 3.74. The van der Waals surface area contributed by atoms with Crippen molar-refractivity contribution in [1.29, 1.82) is 0 Å². The summed E-state index contributed by atoms with van der Waals surface area (Å²) < 4.78 is 0. The first-order valence-corrected chi connectivity index (χ1v) is 2.28. The van der Waals surface area contributed by atoms with Gasteiger partial charge in [-0.25, -0.2) is 0 Å². The number of aliphatic hydroxyl groups is 1. The molecule has 0 aromatic rings. The van der Waals surface area contributed by atoms with Gasteiger partial charge in [0.2, 0.25) is 0 Å². The summed E-state index contributed by atoms with van der Waals surface area (Å²) in [6, 6.07) is 0. The molecule has 42 valence electrons. The van der Waals surface area contributed by atoms with Gasteiger partial charge in [-0.2, -0.15) is 4.91 Å². The van der Waals surface area contributed by atoms with Crippen LogP contribution in [0.3, 0.4) is 0 Å². The molecule has 0 heterocycles. The van der Waals surface area contributed by atoms with Gasteiger partial charge < -0.3 is 5.11 Å². The average Bonchev–Trinajstić information content (AvgIpc) is 1.68. The maximum Gasteiger partial charge on any atom is 0.107 e. The standard InChI is InChI=1S/C4H9NO2/c1-2-4(6)3-5-7/h4,6H,2-3H2,1H3/t4-/m1/s1. The Morgan fingerprint density at radius 1 is 1.86 bits per heavy atom. The fourth-order valence-electron chi connectivity index (χ4n) is 0.215. The Bertz CT molecular complexity index is 55.7. The lowest BCUT2D eigenvalue weighted by Gasteiger charge is -1.96. The Balaban J connectivity index is 2.98. The molecule has 0 spiro atoms. The van der Waals surface area contributed by atoms with Crippen molar-refractivity contribution in [3.8, 4) is 0 Å². The molecule has 0 rings (SSSR count). The van der Waals surface area contributed by atoms with Crippen LogP contribution in [0.15, 0.2) is 5.18 Å². The molecule has 3 nitrogen and oxygen atoms in total. The van der Waals surface area contributed by atoms with E-state index in [1.807, 2.05) is 0 Å². The highest BCUT2D eigenvalue weighted by Gasteiger charge is 1.96. The second-order valence-corrected chi connectivity index (χ2v) is 1.37. The molecule has 7 heavy (non-hydrogen) atoms. The number of rotatable bonds is 3. The van der Waals surface area contributed by atoms with Gasteiger partial charge in [0.05, 0.1) is 6.10 Å². The molecule has 0 aromatic carbocycles. The third kappa shape index (κ3) is 3.39. The lowest BCUT2D eigenvalue weighted by Crippen LogP contribution is -2.07. The summed E-state index contributed by atoms with van der Waals surface area (Å²) in [5.41, 5.74) is 0. The molecular weight excluding hydrogens is 94.0 g/mol. The van der Waals surface area contributed by atoms with Crippen molar-refractivity contribution in [2.75, 3.05) is 6.54 Å². The van der Waals surface area contributed by atoms with Crippen LogP contribution in [0.5, 0.6) is 0 Å². The maximum absolute atomic E-state index is 9.36. The fraction of sp³-hybridized carbons (Fsp3) is 1.00. The van der Waals surface area contributed by atoms with Crippen LogP contribution >= 0.6 is 0 Å². The first-order chi connectivity index (χ1) is 3.31. The number of hydrogen-bond donors (Lipinski definition) is 1. The van der Waals surface area contributed by atoms with E-state index in [0.29, 0.717) is 6.42 Å². The molecule has 0 amide bonds. The largest absolute Gasteiger partial charge is 0.391 e. The Hall–Kier alpha value is -0.440. The Morgan fingerprint density at radius 3 is 2.57 bits per heavy atom. The SMILES string of the molecule is CC[C@@H](O)CN=O. The van der Waals surface area contributed by atoms with Gasteiger partial charge >= 0.3 is 0 Å². The van der Waals surface area contributed by atoms with Crippen LogP contribution in [0.4, 0.5) is 0 Å². The third-order valence-corrected chi connectivity index (χ3v) is 0.757. The van der Waals surface area contributed by atoms with Gasteiger partial charge in [-0.15, -0.1) is 0 Å². The molecular formula is C4H9NO2. The van der Waals surface area contributed by atoms with Crippen LogP contribution in [0.1, 0.15) is 13.3 Å². The molecule has 0 unspecified atom stereocenters. The average molecular weight is 103 g/mol. The Kier molecular flexibility index (Phi) is 3.50. The van der Waals surface area contributed by atoms with Crippen molar-refractivity contribution in [2.45, 2.75) is 19.4 Å². The molecule has 3 heteroatoms. The predicted molar refractivity (Wildman–Crippen MR) is 27.0 cm³/mol. The summed E-state index contributed by atoms with van der Waals surface area (Å²) in [7, 11) is 0. The summed E-state index contributed by atoms with van der Waals surface area (Å²) in [6.07, 6.45) is 0.0728. The van der Waals surface area contributed by atoms with Crippen LogP contribution < -0.4 is 0 Å². The van der Waals surface area contributed by atoms with Gasteiger partial charge in [0.1, 0.15) is 6.54 Å². The summed E-state index contributed by atoms with van der Waals surface area (Å²) in [4.78, 5) is 9.36. The van der Waals surface area contributed by atoms with E-state index in [2.05, 4.69) is 5.18 Å². The Labute approximate surface area is 42.3 Å². The van der Waals surface area contributed by atoms with Gasteiger partial charge in [-0.3, -0.25) is 0 Å². The van der Waals surface area contributed by atoms with Crippen LogP contribution in [-0.2, 0) is 0 Å². The minimum absolute atomic E-state index is 0.0243. The normalized spacial score (nSPS) is 13.4. The van der Waals surface area contributed by atoms with Crippen molar-refractivity contribution in [2.24, 2.45) is 5.18 Å². The van der Waals surface area contributed by atoms with Gasteiger partial charge in [0, 0.05) is 0 Å². The van der Waals surface area contributed by atoms with E-state index in [-0.39, 0.29) is 6.54 Å². The quantitative estimate of drug-likeness (QED) is 0.529. The molecule has 1 atom stereocenters.